The molecule has 0 fully saturated rings. The number of nitrogens with one attached hydrogen (secondary N) is 1. The van der Waals surface area contributed by atoms with E-state index in [0.717, 1.165) is 0 Å². The molecule has 1 unspecified atom stereocenters. The zero-order chi connectivity index (χ0) is 23.7. The number of nitrogens with two attached hydrogens (primary N) is 1. The Morgan fingerprint density at radius 3 is 2.21 bits per heavy atom. The first-order valence-corrected chi connectivity index (χ1v) is 10.1. The summed E-state index contributed by atoms with van der Waals surface area (Å²) in [5.74, 6) is 2.64. The number of ether oxygens (including phenoxy) is 4. The number of aromatic nitrogens is 3. The van der Waals surface area contributed by atoms with E-state index >= 15 is 0 Å². The van der Waals surface area contributed by atoms with Crippen LogP contribution in [0.15, 0.2) is 47.7 Å². The molecule has 0 aliphatic carbocycles. The summed E-state index contributed by atoms with van der Waals surface area (Å²) in [5, 5.41) is 7.86. The summed E-state index contributed by atoms with van der Waals surface area (Å²) in [4.78, 5) is 17.2. The number of anilines is 1. The van der Waals surface area contributed by atoms with Crippen LogP contribution >= 0.6 is 0 Å². The summed E-state index contributed by atoms with van der Waals surface area (Å²) < 4.78 is 23.4. The van der Waals surface area contributed by atoms with Gasteiger partial charge in [0.1, 0.15) is 29.0 Å². The van der Waals surface area contributed by atoms with Gasteiger partial charge in [0.05, 0.1) is 34.0 Å². The van der Waals surface area contributed by atoms with Crippen molar-refractivity contribution < 1.29 is 23.7 Å². The van der Waals surface area contributed by atoms with Crippen LogP contribution in [0.25, 0.3) is 11.4 Å². The summed E-state index contributed by atoms with van der Waals surface area (Å²) in [6.07, 6.45) is 0. The molecule has 0 saturated heterocycles. The van der Waals surface area contributed by atoms with E-state index in [1.54, 1.807) is 76.4 Å². The molecule has 33 heavy (non-hydrogen) atoms. The van der Waals surface area contributed by atoms with Gasteiger partial charge in [-0.05, 0) is 37.3 Å². The van der Waals surface area contributed by atoms with Gasteiger partial charge in [0.2, 0.25) is 11.9 Å². The first-order chi connectivity index (χ1) is 15.9. The Morgan fingerprint density at radius 2 is 1.64 bits per heavy atom. The lowest BCUT2D eigenvalue weighted by Crippen LogP contribution is -2.32. The maximum absolute atomic E-state index is 12.5. The molecule has 0 spiro atoms. The van der Waals surface area contributed by atoms with Crippen molar-refractivity contribution in [3.8, 4) is 34.4 Å². The number of methoxy groups -OCH3 is 4. The summed E-state index contributed by atoms with van der Waals surface area (Å²) >= 11 is 0. The van der Waals surface area contributed by atoms with E-state index in [2.05, 4.69) is 10.3 Å². The van der Waals surface area contributed by atoms with Crippen molar-refractivity contribution in [1.82, 2.24) is 14.8 Å². The van der Waals surface area contributed by atoms with E-state index in [-0.39, 0.29) is 0 Å². The number of rotatable bonds is 7. The molecular formula is C23H25N5O5. The molecule has 2 aromatic carbocycles. The van der Waals surface area contributed by atoms with E-state index in [9.17, 15) is 4.79 Å². The molecule has 1 aliphatic rings. The van der Waals surface area contributed by atoms with Crippen molar-refractivity contribution in [3.63, 3.8) is 0 Å². The highest BCUT2D eigenvalue weighted by atomic mass is 16.5. The Kier molecular flexibility index (Phi) is 5.82. The van der Waals surface area contributed by atoms with E-state index in [0.29, 0.717) is 57.2 Å². The summed E-state index contributed by atoms with van der Waals surface area (Å²) in [6.45, 7) is 1.77. The fourth-order valence-corrected chi connectivity index (χ4v) is 3.87. The van der Waals surface area contributed by atoms with Crippen LogP contribution in [0, 0.1) is 0 Å². The lowest BCUT2D eigenvalue weighted by molar-refractivity contribution is -0.115. The topological polar surface area (TPSA) is 123 Å². The second-order valence-corrected chi connectivity index (χ2v) is 7.34. The number of carbonyl (C=O) groups is 1. The first-order valence-electron chi connectivity index (χ1n) is 10.1. The Labute approximate surface area is 190 Å². The van der Waals surface area contributed by atoms with Gasteiger partial charge in [0, 0.05) is 22.9 Å². The van der Waals surface area contributed by atoms with Gasteiger partial charge in [-0.25, -0.2) is 4.68 Å². The van der Waals surface area contributed by atoms with Crippen molar-refractivity contribution in [2.24, 2.45) is 5.73 Å². The molecule has 2 heterocycles. The second-order valence-electron chi connectivity index (χ2n) is 7.34. The highest BCUT2D eigenvalue weighted by Gasteiger charge is 2.35. The standard InChI is InChI=1S/C23H25N5O5/c1-12-19(21(24)29)20(17-11-14(30-2)6-7-18(17)33-5)28-23(25-12)26-22(27-28)13-8-15(31-3)10-16(9-13)32-4/h6-11,20H,1-5H3,(H2,24,29)(H,25,26,27). The van der Waals surface area contributed by atoms with Gasteiger partial charge in [-0.2, -0.15) is 4.98 Å². The van der Waals surface area contributed by atoms with Crippen molar-refractivity contribution in [2.75, 3.05) is 33.8 Å². The Bertz CT molecular complexity index is 1230. The molecule has 4 rings (SSSR count). The smallest absolute Gasteiger partial charge is 0.248 e. The van der Waals surface area contributed by atoms with Crippen LogP contribution < -0.4 is 30.0 Å². The summed E-state index contributed by atoms with van der Waals surface area (Å²) in [7, 11) is 6.27. The Balaban J connectivity index is 1.93. The fourth-order valence-electron chi connectivity index (χ4n) is 3.87. The summed E-state index contributed by atoms with van der Waals surface area (Å²) in [5.41, 5.74) is 8.06. The van der Waals surface area contributed by atoms with Gasteiger partial charge in [0.15, 0.2) is 5.82 Å². The molecule has 10 nitrogen and oxygen atoms in total. The maximum Gasteiger partial charge on any atom is 0.248 e. The van der Waals surface area contributed by atoms with Crippen LogP contribution in [0.3, 0.4) is 0 Å². The normalized spacial score (nSPS) is 14.9. The number of amides is 1. The van der Waals surface area contributed by atoms with Crippen LogP contribution in [0.1, 0.15) is 18.5 Å². The van der Waals surface area contributed by atoms with E-state index in [1.165, 1.54) is 0 Å². The molecule has 3 aromatic rings. The minimum atomic E-state index is -0.683. The Morgan fingerprint density at radius 1 is 0.970 bits per heavy atom. The van der Waals surface area contributed by atoms with E-state index < -0.39 is 11.9 Å². The minimum absolute atomic E-state index is 0.341. The quantitative estimate of drug-likeness (QED) is 0.562. The third-order valence-electron chi connectivity index (χ3n) is 5.46. The van der Waals surface area contributed by atoms with Gasteiger partial charge in [-0.1, -0.05) is 0 Å². The van der Waals surface area contributed by atoms with Crippen LogP contribution in [-0.2, 0) is 4.79 Å². The zero-order valence-corrected chi connectivity index (χ0v) is 19.0. The van der Waals surface area contributed by atoms with Crippen LogP contribution in [-0.4, -0.2) is 49.1 Å². The predicted molar refractivity (Wildman–Crippen MR) is 122 cm³/mol. The average Bonchev–Trinajstić information content (AvgIpc) is 3.25. The van der Waals surface area contributed by atoms with Gasteiger partial charge >= 0.3 is 0 Å². The predicted octanol–water partition coefficient (Wildman–Crippen LogP) is 2.75. The molecule has 10 heteroatoms. The minimum Gasteiger partial charge on any atom is -0.497 e. The number of carbonyl (C=O) groups excluding carboxylic acids is 1. The number of allylic oxidation sites excluding steroid dienone is 1. The van der Waals surface area contributed by atoms with Crippen LogP contribution in [0.4, 0.5) is 5.95 Å². The molecule has 0 radical (unpaired) electrons. The average molecular weight is 451 g/mol. The van der Waals surface area contributed by atoms with Gasteiger partial charge in [0.25, 0.3) is 0 Å². The lowest BCUT2D eigenvalue weighted by atomic mass is 9.94. The third-order valence-corrected chi connectivity index (χ3v) is 5.46. The molecule has 1 amide bonds. The lowest BCUT2D eigenvalue weighted by Gasteiger charge is -2.28. The van der Waals surface area contributed by atoms with Crippen molar-refractivity contribution >= 4 is 11.9 Å². The molecule has 1 aliphatic heterocycles. The van der Waals surface area contributed by atoms with Crippen molar-refractivity contribution in [2.45, 2.75) is 13.0 Å². The van der Waals surface area contributed by atoms with Gasteiger partial charge < -0.3 is 30.0 Å². The second kappa shape index (κ2) is 8.73. The zero-order valence-electron chi connectivity index (χ0n) is 19.0. The molecular weight excluding hydrogens is 426 g/mol. The molecule has 1 aromatic heterocycles. The van der Waals surface area contributed by atoms with Crippen LogP contribution in [0.2, 0.25) is 0 Å². The summed E-state index contributed by atoms with van der Waals surface area (Å²) in [6, 6.07) is 10.0. The highest BCUT2D eigenvalue weighted by molar-refractivity contribution is 5.95. The number of fused-ring (bicyclic) bond motifs is 1. The number of nitrogens with zero attached hydrogens (tertiary/aromatic N) is 3. The number of primary amides is 1. The highest BCUT2D eigenvalue weighted by Crippen LogP contribution is 2.41. The van der Waals surface area contributed by atoms with Crippen LogP contribution in [0.5, 0.6) is 23.0 Å². The molecule has 172 valence electrons. The number of benzene rings is 2. The fraction of sp³-hybridized carbons (Fsp3) is 0.261. The van der Waals surface area contributed by atoms with E-state index in [1.807, 2.05) is 0 Å². The van der Waals surface area contributed by atoms with Gasteiger partial charge in [-0.15, -0.1) is 5.10 Å². The van der Waals surface area contributed by atoms with Crippen molar-refractivity contribution in [1.29, 1.82) is 0 Å². The number of hydrogen-bond donors (Lipinski definition) is 2. The number of hydrogen-bond acceptors (Lipinski definition) is 8. The van der Waals surface area contributed by atoms with Crippen molar-refractivity contribution in [3.05, 3.63) is 53.2 Å². The third kappa shape index (κ3) is 3.91. The van der Waals surface area contributed by atoms with Gasteiger partial charge in [-0.3, -0.25) is 4.79 Å². The molecule has 0 saturated carbocycles. The molecule has 1 atom stereocenters. The van der Waals surface area contributed by atoms with E-state index in [4.69, 9.17) is 29.8 Å². The monoisotopic (exact) mass is 451 g/mol. The molecule has 3 N–H and O–H groups in total. The first kappa shape index (κ1) is 22.0. The maximum atomic E-state index is 12.5. The largest absolute Gasteiger partial charge is 0.497 e. The Hall–Kier alpha value is -4.21. The molecule has 0 bridgehead atoms. The SMILES string of the molecule is COc1cc(OC)cc(-c2nc3n(n2)C(c2cc(OC)ccc2OC)C(C(N)=O)=C(C)N3)c1.